The number of amides is 1. The van der Waals surface area contributed by atoms with Crippen molar-refractivity contribution in [2.75, 3.05) is 25.0 Å². The van der Waals surface area contributed by atoms with Crippen LogP contribution in [-0.4, -0.2) is 64.4 Å². The number of hydrogen-bond donors (Lipinski definition) is 3. The van der Waals surface area contributed by atoms with E-state index in [1.165, 1.54) is 0 Å². The van der Waals surface area contributed by atoms with Crippen LogP contribution in [0.1, 0.15) is 48.0 Å². The molecule has 35 heavy (non-hydrogen) atoms. The fourth-order valence-corrected chi connectivity index (χ4v) is 2.72. The maximum absolute atomic E-state index is 11.8. The summed E-state index contributed by atoms with van der Waals surface area (Å²) in [6, 6.07) is 10.7. The van der Waals surface area contributed by atoms with Crippen molar-refractivity contribution in [1.29, 1.82) is 0 Å². The lowest BCUT2D eigenvalue weighted by atomic mass is 10.1. The Morgan fingerprint density at radius 1 is 0.914 bits per heavy atom. The smallest absolute Gasteiger partial charge is 0.407 e. The zero-order chi connectivity index (χ0) is 26.1. The molecular formula is C25H36N4O6. The number of alkyl carbamates (subject to hydrolysis) is 1. The van der Waals surface area contributed by atoms with Crippen LogP contribution >= 0.6 is 0 Å². The molecular weight excluding hydrogens is 452 g/mol. The van der Waals surface area contributed by atoms with Gasteiger partial charge in [0.1, 0.15) is 29.4 Å². The molecule has 3 N–H and O–H groups in total. The molecule has 2 aromatic rings. The quantitative estimate of drug-likeness (QED) is 0.339. The summed E-state index contributed by atoms with van der Waals surface area (Å²) in [5.74, 6) is 0.405. The van der Waals surface area contributed by atoms with Crippen LogP contribution in [0.5, 0.6) is 5.75 Å². The van der Waals surface area contributed by atoms with Crippen molar-refractivity contribution in [1.82, 2.24) is 15.5 Å². The van der Waals surface area contributed by atoms with Gasteiger partial charge >= 0.3 is 12.1 Å². The van der Waals surface area contributed by atoms with Crippen LogP contribution in [0.25, 0.3) is 11.3 Å². The Kier molecular flexibility index (Phi) is 9.82. The molecule has 1 amide bonds. The van der Waals surface area contributed by atoms with Crippen molar-refractivity contribution in [3.8, 4) is 17.0 Å². The third-order valence-electron chi connectivity index (χ3n) is 4.23. The predicted molar refractivity (Wildman–Crippen MR) is 132 cm³/mol. The number of aromatic nitrogens is 2. The summed E-state index contributed by atoms with van der Waals surface area (Å²) in [4.78, 5) is 23.4. The summed E-state index contributed by atoms with van der Waals surface area (Å²) in [6.07, 6.45) is -1.10. The van der Waals surface area contributed by atoms with Crippen LogP contribution in [0.15, 0.2) is 36.4 Å². The highest BCUT2D eigenvalue weighted by Crippen LogP contribution is 2.21. The molecule has 0 aliphatic carbocycles. The second-order valence-corrected chi connectivity index (χ2v) is 9.90. The lowest BCUT2D eigenvalue weighted by Crippen LogP contribution is -2.35. The molecule has 0 unspecified atom stereocenters. The summed E-state index contributed by atoms with van der Waals surface area (Å²) < 4.78 is 15.8. The number of nitrogens with one attached hydrogen (secondary N) is 2. The van der Waals surface area contributed by atoms with Gasteiger partial charge in [-0.1, -0.05) is 0 Å². The molecule has 1 aromatic carbocycles. The van der Waals surface area contributed by atoms with Crippen molar-refractivity contribution < 1.29 is 28.9 Å². The van der Waals surface area contributed by atoms with Gasteiger partial charge in [0.2, 0.25) is 0 Å². The van der Waals surface area contributed by atoms with Gasteiger partial charge in [0.15, 0.2) is 6.10 Å². The van der Waals surface area contributed by atoms with Crippen molar-refractivity contribution in [3.63, 3.8) is 0 Å². The summed E-state index contributed by atoms with van der Waals surface area (Å²) in [7, 11) is 0. The Bertz CT molecular complexity index is 950. The first-order chi connectivity index (χ1) is 16.3. The fraction of sp³-hybridized carbons (Fsp3) is 0.520. The van der Waals surface area contributed by atoms with Crippen LogP contribution in [0, 0.1) is 0 Å². The van der Waals surface area contributed by atoms with E-state index in [9.17, 15) is 14.7 Å². The number of benzene rings is 1. The van der Waals surface area contributed by atoms with Crippen molar-refractivity contribution in [2.45, 2.75) is 65.3 Å². The monoisotopic (exact) mass is 488 g/mol. The van der Waals surface area contributed by atoms with Gasteiger partial charge in [0.05, 0.1) is 5.69 Å². The van der Waals surface area contributed by atoms with E-state index in [-0.39, 0.29) is 6.61 Å². The third kappa shape index (κ3) is 11.0. The van der Waals surface area contributed by atoms with Gasteiger partial charge in [-0.3, -0.25) is 0 Å². The van der Waals surface area contributed by atoms with Crippen LogP contribution < -0.4 is 15.4 Å². The van der Waals surface area contributed by atoms with E-state index >= 15 is 0 Å². The Hall–Kier alpha value is -3.40. The average Bonchev–Trinajstić information content (AvgIpc) is 2.75. The second-order valence-electron chi connectivity index (χ2n) is 9.90. The standard InChI is InChI=1S/C25H36N4O6/c1-24(2,3)34-22(31)20(30)16-33-18-10-8-17(9-11-18)19-12-13-21(29-28-19)26-14-7-15-27-23(32)35-25(4,5)6/h8-13,20,30H,7,14-16H2,1-6H3,(H,26,29)(H,27,32)/t20-/m1/s1. The van der Waals surface area contributed by atoms with Gasteiger partial charge in [-0.2, -0.15) is 0 Å². The van der Waals surface area contributed by atoms with Crippen LogP contribution in [0.4, 0.5) is 10.6 Å². The Labute approximate surface area is 206 Å². The molecule has 10 nitrogen and oxygen atoms in total. The molecule has 0 saturated heterocycles. The summed E-state index contributed by atoms with van der Waals surface area (Å²) in [5.41, 5.74) is 0.329. The zero-order valence-corrected chi connectivity index (χ0v) is 21.3. The number of ether oxygens (including phenoxy) is 3. The third-order valence-corrected chi connectivity index (χ3v) is 4.23. The van der Waals surface area contributed by atoms with E-state index in [0.717, 1.165) is 5.56 Å². The molecule has 0 spiro atoms. The maximum Gasteiger partial charge on any atom is 0.407 e. The zero-order valence-electron chi connectivity index (χ0n) is 21.3. The molecule has 0 aliphatic rings. The summed E-state index contributed by atoms with van der Waals surface area (Å²) >= 11 is 0. The number of aliphatic hydroxyl groups is 1. The highest BCUT2D eigenvalue weighted by molar-refractivity contribution is 5.75. The van der Waals surface area contributed by atoms with Crippen LogP contribution in [0.3, 0.4) is 0 Å². The molecule has 0 saturated carbocycles. The minimum atomic E-state index is -1.37. The number of nitrogens with zero attached hydrogens (tertiary/aromatic N) is 2. The van der Waals surface area contributed by atoms with E-state index in [1.807, 2.05) is 45.0 Å². The van der Waals surface area contributed by atoms with Gasteiger partial charge in [-0.05, 0) is 84.4 Å². The first-order valence-corrected chi connectivity index (χ1v) is 11.5. The number of esters is 1. The first kappa shape index (κ1) is 27.8. The Morgan fingerprint density at radius 2 is 1.57 bits per heavy atom. The van der Waals surface area contributed by atoms with Gasteiger partial charge in [-0.25, -0.2) is 9.59 Å². The summed E-state index contributed by atoms with van der Waals surface area (Å²) in [6.45, 7) is 11.5. The Balaban J connectivity index is 1.75. The van der Waals surface area contributed by atoms with Crippen molar-refractivity contribution in [3.05, 3.63) is 36.4 Å². The van der Waals surface area contributed by atoms with Crippen LogP contribution in [-0.2, 0) is 14.3 Å². The van der Waals surface area contributed by atoms with E-state index in [0.29, 0.717) is 36.8 Å². The molecule has 2 rings (SSSR count). The molecule has 1 aromatic heterocycles. The first-order valence-electron chi connectivity index (χ1n) is 11.5. The average molecular weight is 489 g/mol. The normalized spacial score (nSPS) is 12.4. The molecule has 0 fully saturated rings. The van der Waals surface area contributed by atoms with E-state index in [4.69, 9.17) is 14.2 Å². The lowest BCUT2D eigenvalue weighted by Gasteiger charge is -2.21. The lowest BCUT2D eigenvalue weighted by molar-refractivity contribution is -0.166. The molecule has 1 heterocycles. The highest BCUT2D eigenvalue weighted by Gasteiger charge is 2.23. The molecule has 0 radical (unpaired) electrons. The molecule has 1 atom stereocenters. The largest absolute Gasteiger partial charge is 0.490 e. The summed E-state index contributed by atoms with van der Waals surface area (Å²) in [5, 5.41) is 24.2. The van der Waals surface area contributed by atoms with E-state index in [2.05, 4.69) is 20.8 Å². The van der Waals surface area contributed by atoms with Crippen molar-refractivity contribution >= 4 is 17.9 Å². The number of anilines is 1. The number of carbonyl (C=O) groups is 2. The van der Waals surface area contributed by atoms with Crippen molar-refractivity contribution in [2.24, 2.45) is 0 Å². The van der Waals surface area contributed by atoms with Gasteiger partial charge in [0, 0.05) is 18.7 Å². The highest BCUT2D eigenvalue weighted by atomic mass is 16.6. The Morgan fingerprint density at radius 3 is 2.14 bits per heavy atom. The molecule has 10 heteroatoms. The second kappa shape index (κ2) is 12.3. The number of rotatable bonds is 10. The number of aliphatic hydroxyl groups excluding tert-OH is 1. The van der Waals surface area contributed by atoms with Gasteiger partial charge in [-0.15, -0.1) is 10.2 Å². The number of hydrogen-bond acceptors (Lipinski definition) is 9. The molecule has 192 valence electrons. The minimum absolute atomic E-state index is 0.207. The van der Waals surface area contributed by atoms with Crippen LogP contribution in [0.2, 0.25) is 0 Å². The van der Waals surface area contributed by atoms with E-state index in [1.54, 1.807) is 32.9 Å². The minimum Gasteiger partial charge on any atom is -0.490 e. The van der Waals surface area contributed by atoms with Gasteiger partial charge < -0.3 is 30.0 Å². The van der Waals surface area contributed by atoms with E-state index < -0.39 is 29.4 Å². The fourth-order valence-electron chi connectivity index (χ4n) is 2.72. The number of carbonyl (C=O) groups excluding carboxylic acids is 2. The molecule has 0 aliphatic heterocycles. The topological polar surface area (TPSA) is 132 Å². The SMILES string of the molecule is CC(C)(C)OC(=O)NCCCNc1ccc(-c2ccc(OC[C@@H](O)C(=O)OC(C)(C)C)cc2)nn1. The molecule has 0 bridgehead atoms. The van der Waals surface area contributed by atoms with Gasteiger partial charge in [0.25, 0.3) is 0 Å². The maximum atomic E-state index is 11.8. The predicted octanol–water partition coefficient (Wildman–Crippen LogP) is 3.55.